The van der Waals surface area contributed by atoms with Crippen LogP contribution >= 0.6 is 0 Å². The lowest BCUT2D eigenvalue weighted by atomic mass is 10.0. The van der Waals surface area contributed by atoms with Gasteiger partial charge in [0.05, 0.1) is 18.4 Å². The molecule has 2 aromatic carbocycles. The molecular weight excluding hydrogens is 640 g/mol. The summed E-state index contributed by atoms with van der Waals surface area (Å²) < 4.78 is 35.5. The number of methoxy groups -OCH3 is 1. The zero-order valence-corrected chi connectivity index (χ0v) is 28.7. The molecule has 0 unspecified atom stereocenters. The Morgan fingerprint density at radius 1 is 1.04 bits per heavy atom. The first kappa shape index (κ1) is 38.0. The van der Waals surface area contributed by atoms with Crippen molar-refractivity contribution in [1.29, 1.82) is 5.41 Å². The van der Waals surface area contributed by atoms with Crippen LogP contribution in [-0.4, -0.2) is 86.8 Å². The topological polar surface area (TPSA) is 221 Å². The maximum Gasteiger partial charge on any atom is 0.303 e. The summed E-state index contributed by atoms with van der Waals surface area (Å²) in [7, 11) is -2.93. The maximum absolute atomic E-state index is 14.0. The summed E-state index contributed by atoms with van der Waals surface area (Å²) in [5.74, 6) is -2.63. The molecule has 0 aliphatic carbocycles. The smallest absolute Gasteiger partial charge is 0.303 e. The van der Waals surface area contributed by atoms with Gasteiger partial charge in [0.1, 0.15) is 23.7 Å². The highest BCUT2D eigenvalue weighted by molar-refractivity contribution is 7.89. The Morgan fingerprint density at radius 2 is 1.73 bits per heavy atom. The minimum Gasteiger partial charge on any atom is -0.496 e. The summed E-state index contributed by atoms with van der Waals surface area (Å²) in [6, 6.07) is 5.54. The van der Waals surface area contributed by atoms with Gasteiger partial charge in [-0.1, -0.05) is 18.2 Å². The first-order chi connectivity index (χ1) is 22.6. The number of carbonyl (C=O) groups excluding carboxylic acids is 3. The van der Waals surface area contributed by atoms with Crippen molar-refractivity contribution in [2.24, 2.45) is 5.73 Å². The van der Waals surface area contributed by atoms with Crippen LogP contribution < -0.4 is 25.8 Å². The lowest BCUT2D eigenvalue weighted by Crippen LogP contribution is -2.56. The number of sulfonamides is 1. The van der Waals surface area contributed by atoms with Crippen molar-refractivity contribution in [3.05, 3.63) is 58.1 Å². The second-order valence-corrected chi connectivity index (χ2v) is 13.6. The summed E-state index contributed by atoms with van der Waals surface area (Å²) in [4.78, 5) is 53.2. The molecule has 15 heteroatoms. The molecule has 3 rings (SSSR count). The van der Waals surface area contributed by atoms with Gasteiger partial charge in [-0.3, -0.25) is 24.6 Å². The molecule has 7 N–H and O–H groups in total. The van der Waals surface area contributed by atoms with E-state index in [4.69, 9.17) is 21.0 Å². The SMILES string of the molecule is COc1cc(C)c(S(=O)(=O)N[C@@H](CC(=O)NCCCC(=O)O)C(=O)N[C@@H](Cc2cccc(C(=N)N)c2)C(=O)N2CCCCC2)c(C)c1C. The average Bonchev–Trinajstić information content (AvgIpc) is 3.04. The number of nitrogens with zero attached hydrogens (tertiary/aromatic N) is 1. The number of aryl methyl sites for hydroxylation is 1. The van der Waals surface area contributed by atoms with E-state index < -0.39 is 46.3 Å². The lowest BCUT2D eigenvalue weighted by molar-refractivity contribution is -0.138. The summed E-state index contributed by atoms with van der Waals surface area (Å²) >= 11 is 0. The normalized spacial score (nSPS) is 14.5. The summed E-state index contributed by atoms with van der Waals surface area (Å²) in [5, 5.41) is 21.9. The van der Waals surface area contributed by atoms with Crippen molar-refractivity contribution >= 4 is 39.5 Å². The molecule has 0 spiro atoms. The van der Waals surface area contributed by atoms with Crippen LogP contribution in [-0.2, 0) is 35.6 Å². The Bertz CT molecular complexity index is 1640. The molecule has 1 aliphatic heterocycles. The number of hydrogen-bond donors (Lipinski definition) is 6. The number of benzene rings is 2. The van der Waals surface area contributed by atoms with E-state index in [9.17, 15) is 27.6 Å². The minimum atomic E-state index is -4.40. The summed E-state index contributed by atoms with van der Waals surface area (Å²) in [6.45, 7) is 5.93. The number of nitrogens with two attached hydrogens (primary N) is 1. The highest BCUT2D eigenvalue weighted by Gasteiger charge is 2.34. The molecule has 14 nitrogen and oxygen atoms in total. The van der Waals surface area contributed by atoms with E-state index in [1.165, 1.54) is 7.11 Å². The predicted molar refractivity (Wildman–Crippen MR) is 179 cm³/mol. The Hall–Kier alpha value is -4.50. The fourth-order valence-corrected chi connectivity index (χ4v) is 7.44. The third kappa shape index (κ3) is 10.2. The molecule has 0 saturated carbocycles. The van der Waals surface area contributed by atoms with Gasteiger partial charge in [0.2, 0.25) is 27.7 Å². The van der Waals surface area contributed by atoms with E-state index in [0.29, 0.717) is 46.7 Å². The van der Waals surface area contributed by atoms with Gasteiger partial charge in [0.15, 0.2) is 0 Å². The fraction of sp³-hybridized carbons (Fsp3) is 0.485. The third-order valence-corrected chi connectivity index (χ3v) is 10.1. The number of ether oxygens (including phenoxy) is 1. The Kier molecular flexibility index (Phi) is 13.5. The van der Waals surface area contributed by atoms with Gasteiger partial charge in [0.25, 0.3) is 0 Å². The predicted octanol–water partition coefficient (Wildman–Crippen LogP) is 1.66. The molecular formula is C33H46N6O8S. The van der Waals surface area contributed by atoms with Gasteiger partial charge in [-0.15, -0.1) is 0 Å². The number of amidine groups is 1. The number of piperidine rings is 1. The van der Waals surface area contributed by atoms with Crippen LogP contribution in [0.25, 0.3) is 0 Å². The Morgan fingerprint density at radius 3 is 2.35 bits per heavy atom. The number of amides is 3. The number of nitrogens with one attached hydrogen (secondary N) is 4. The third-order valence-electron chi connectivity index (χ3n) is 8.32. The standard InChI is InChI=1S/C33H46N6O8S/c1-20-16-27(47-4)21(2)22(3)30(20)48(45,46)38-25(19-28(40)36-13-9-12-29(41)42)32(43)37-26(33(44)39-14-6-5-7-15-39)18-23-10-8-11-24(17-23)31(34)35/h8,10-11,16-17,25-26,38H,5-7,9,12-15,18-19H2,1-4H3,(H3,34,35)(H,36,40)(H,37,43)(H,41,42)/t25-,26-/m0/s1. The molecule has 1 aliphatic rings. The van der Waals surface area contributed by atoms with Gasteiger partial charge >= 0.3 is 5.97 Å². The Balaban J connectivity index is 1.96. The number of carbonyl (C=O) groups is 4. The van der Waals surface area contributed by atoms with Crippen molar-refractivity contribution in [2.45, 2.75) is 82.7 Å². The van der Waals surface area contributed by atoms with Crippen LogP contribution in [0.4, 0.5) is 0 Å². The van der Waals surface area contributed by atoms with Gasteiger partial charge in [-0.25, -0.2) is 8.42 Å². The second kappa shape index (κ2) is 17.1. The van der Waals surface area contributed by atoms with Gasteiger partial charge < -0.3 is 31.1 Å². The quantitative estimate of drug-likeness (QED) is 0.0858. The van der Waals surface area contributed by atoms with Crippen LogP contribution in [0.2, 0.25) is 0 Å². The van der Waals surface area contributed by atoms with Gasteiger partial charge in [-0.2, -0.15) is 4.72 Å². The molecule has 1 saturated heterocycles. The summed E-state index contributed by atoms with van der Waals surface area (Å²) in [6.07, 6.45) is 1.94. The monoisotopic (exact) mass is 686 g/mol. The molecule has 0 aromatic heterocycles. The number of carboxylic acids is 1. The van der Waals surface area contributed by atoms with Crippen LogP contribution in [0.1, 0.15) is 66.3 Å². The highest BCUT2D eigenvalue weighted by Crippen LogP contribution is 2.30. The summed E-state index contributed by atoms with van der Waals surface area (Å²) in [5.41, 5.74) is 8.07. The van der Waals surface area contributed by atoms with Crippen LogP contribution in [0.5, 0.6) is 5.75 Å². The zero-order valence-electron chi connectivity index (χ0n) is 27.9. The molecule has 2 atom stereocenters. The molecule has 1 fully saturated rings. The molecule has 48 heavy (non-hydrogen) atoms. The molecule has 0 radical (unpaired) electrons. The lowest BCUT2D eigenvalue weighted by Gasteiger charge is -2.31. The zero-order chi connectivity index (χ0) is 35.6. The number of rotatable bonds is 16. The Labute approximate surface area is 281 Å². The molecule has 3 amide bonds. The van der Waals surface area contributed by atoms with Crippen molar-refractivity contribution < 1.29 is 37.4 Å². The molecule has 0 bridgehead atoms. The number of carboxylic acid groups (broad SMARTS) is 1. The first-order valence-electron chi connectivity index (χ1n) is 15.8. The van der Waals surface area contributed by atoms with Crippen LogP contribution in [0.3, 0.4) is 0 Å². The minimum absolute atomic E-state index is 0.00464. The fourth-order valence-electron chi connectivity index (χ4n) is 5.71. The highest BCUT2D eigenvalue weighted by atomic mass is 32.2. The number of aliphatic carboxylic acids is 1. The molecule has 262 valence electrons. The van der Waals surface area contributed by atoms with Crippen molar-refractivity contribution in [2.75, 3.05) is 26.7 Å². The van der Waals surface area contributed by atoms with Crippen LogP contribution in [0, 0.1) is 26.2 Å². The van der Waals surface area contributed by atoms with E-state index in [1.807, 2.05) is 0 Å². The second-order valence-electron chi connectivity index (χ2n) is 12.0. The van der Waals surface area contributed by atoms with Crippen LogP contribution in [0.15, 0.2) is 35.2 Å². The van der Waals surface area contributed by atoms with Crippen molar-refractivity contribution in [3.8, 4) is 5.75 Å². The van der Waals surface area contributed by atoms with Gasteiger partial charge in [-0.05, 0) is 80.8 Å². The van der Waals surface area contributed by atoms with Gasteiger partial charge in [0, 0.05) is 38.0 Å². The van der Waals surface area contributed by atoms with E-state index >= 15 is 0 Å². The number of hydrogen-bond acceptors (Lipinski definition) is 8. The van der Waals surface area contributed by atoms with Crippen molar-refractivity contribution in [3.63, 3.8) is 0 Å². The van der Waals surface area contributed by atoms with Crippen molar-refractivity contribution in [1.82, 2.24) is 20.3 Å². The molecule has 2 aromatic rings. The van der Waals surface area contributed by atoms with E-state index in [0.717, 1.165) is 19.3 Å². The average molecular weight is 687 g/mol. The number of likely N-dealkylation sites (tertiary alicyclic amines) is 1. The van der Waals surface area contributed by atoms with E-state index in [-0.39, 0.29) is 42.4 Å². The van der Waals surface area contributed by atoms with E-state index in [2.05, 4.69) is 15.4 Å². The largest absolute Gasteiger partial charge is 0.496 e. The maximum atomic E-state index is 14.0. The van der Waals surface area contributed by atoms with E-state index in [1.54, 1.807) is 56.0 Å². The first-order valence-corrected chi connectivity index (χ1v) is 17.3. The number of nitrogen functional groups attached to an aromatic ring is 1. The molecule has 1 heterocycles.